The van der Waals surface area contributed by atoms with Crippen molar-refractivity contribution in [3.05, 3.63) is 35.4 Å². The van der Waals surface area contributed by atoms with Crippen molar-refractivity contribution in [2.75, 3.05) is 26.2 Å². The molecule has 0 saturated carbocycles. The van der Waals surface area contributed by atoms with Gasteiger partial charge in [-0.05, 0) is 24.5 Å². The van der Waals surface area contributed by atoms with Crippen LogP contribution in [0, 0.1) is 12.3 Å². The normalized spacial score (nSPS) is 15.8. The first-order valence-electron chi connectivity index (χ1n) is 7.90. The van der Waals surface area contributed by atoms with Crippen LogP contribution in [-0.2, 0) is 4.79 Å². The zero-order valence-electron chi connectivity index (χ0n) is 14.1. The third-order valence-electron chi connectivity index (χ3n) is 3.87. The lowest BCUT2D eigenvalue weighted by Gasteiger charge is -2.36. The van der Waals surface area contributed by atoms with E-state index in [9.17, 15) is 9.59 Å². The molecule has 1 aliphatic heterocycles. The molecule has 22 heavy (non-hydrogen) atoms. The molecule has 4 nitrogen and oxygen atoms in total. The Morgan fingerprint density at radius 3 is 2.18 bits per heavy atom. The number of benzene rings is 1. The molecule has 0 bridgehead atoms. The predicted octanol–water partition coefficient (Wildman–Crippen LogP) is 2.72. The summed E-state index contributed by atoms with van der Waals surface area (Å²) >= 11 is 0. The summed E-state index contributed by atoms with van der Waals surface area (Å²) in [6, 6.07) is 7.66. The van der Waals surface area contributed by atoms with Crippen molar-refractivity contribution in [1.82, 2.24) is 9.80 Å². The van der Waals surface area contributed by atoms with E-state index >= 15 is 0 Å². The molecule has 0 spiro atoms. The molecular weight excluding hydrogens is 276 g/mol. The number of rotatable bonds is 2. The minimum atomic E-state index is 0.00556. The summed E-state index contributed by atoms with van der Waals surface area (Å²) in [5, 5.41) is 0. The second kappa shape index (κ2) is 6.51. The standard InChI is InChI=1S/C18H26N2O2/c1-14-6-5-7-15(12-14)17(22)20-10-8-19(9-11-20)16(21)13-18(2,3)4/h5-7,12H,8-11,13H2,1-4H3. The molecule has 0 aliphatic carbocycles. The number of carbonyl (C=O) groups excluding carboxylic acids is 2. The van der Waals surface area contributed by atoms with Crippen molar-refractivity contribution in [1.29, 1.82) is 0 Å². The van der Waals surface area contributed by atoms with Gasteiger partial charge in [0.1, 0.15) is 0 Å². The number of carbonyl (C=O) groups is 2. The van der Waals surface area contributed by atoms with E-state index in [2.05, 4.69) is 20.8 Å². The maximum Gasteiger partial charge on any atom is 0.253 e. The summed E-state index contributed by atoms with van der Waals surface area (Å²) in [5.41, 5.74) is 1.82. The zero-order chi connectivity index (χ0) is 16.3. The van der Waals surface area contributed by atoms with Gasteiger partial charge in [0.25, 0.3) is 5.91 Å². The van der Waals surface area contributed by atoms with Gasteiger partial charge in [-0.2, -0.15) is 0 Å². The van der Waals surface area contributed by atoms with Gasteiger partial charge < -0.3 is 9.80 Å². The maximum atomic E-state index is 12.5. The van der Waals surface area contributed by atoms with Crippen LogP contribution >= 0.6 is 0 Å². The van der Waals surface area contributed by atoms with E-state index < -0.39 is 0 Å². The molecule has 1 aliphatic rings. The number of hydrogen-bond acceptors (Lipinski definition) is 2. The van der Waals surface area contributed by atoms with E-state index in [1.807, 2.05) is 41.0 Å². The van der Waals surface area contributed by atoms with E-state index in [4.69, 9.17) is 0 Å². The summed E-state index contributed by atoms with van der Waals surface area (Å²) in [6.07, 6.45) is 0.554. The lowest BCUT2D eigenvalue weighted by atomic mass is 9.91. The molecule has 1 aromatic rings. The van der Waals surface area contributed by atoms with E-state index in [1.54, 1.807) is 0 Å². The van der Waals surface area contributed by atoms with E-state index in [0.717, 1.165) is 11.1 Å². The number of piperazine rings is 1. The van der Waals surface area contributed by atoms with Crippen molar-refractivity contribution in [2.24, 2.45) is 5.41 Å². The van der Waals surface area contributed by atoms with Crippen LogP contribution in [0.5, 0.6) is 0 Å². The Labute approximate surface area is 133 Å². The fourth-order valence-corrected chi connectivity index (χ4v) is 2.69. The molecule has 0 N–H and O–H groups in total. The van der Waals surface area contributed by atoms with Crippen LogP contribution in [-0.4, -0.2) is 47.8 Å². The monoisotopic (exact) mass is 302 g/mol. The van der Waals surface area contributed by atoms with Gasteiger partial charge in [-0.25, -0.2) is 0 Å². The smallest absolute Gasteiger partial charge is 0.253 e. The van der Waals surface area contributed by atoms with Crippen LogP contribution in [0.15, 0.2) is 24.3 Å². The van der Waals surface area contributed by atoms with E-state index in [1.165, 1.54) is 0 Å². The molecule has 1 fully saturated rings. The van der Waals surface area contributed by atoms with Crippen LogP contribution in [0.1, 0.15) is 43.1 Å². The maximum absolute atomic E-state index is 12.5. The molecule has 0 radical (unpaired) electrons. The minimum Gasteiger partial charge on any atom is -0.339 e. The highest BCUT2D eigenvalue weighted by atomic mass is 16.2. The average Bonchev–Trinajstić information content (AvgIpc) is 2.45. The van der Waals surface area contributed by atoms with Crippen LogP contribution in [0.2, 0.25) is 0 Å². The third-order valence-corrected chi connectivity index (χ3v) is 3.87. The number of hydrogen-bond donors (Lipinski definition) is 0. The van der Waals surface area contributed by atoms with Gasteiger partial charge in [-0.3, -0.25) is 9.59 Å². The third kappa shape index (κ3) is 4.33. The quantitative estimate of drug-likeness (QED) is 0.843. The van der Waals surface area contributed by atoms with E-state index in [0.29, 0.717) is 32.6 Å². The summed E-state index contributed by atoms with van der Waals surface area (Å²) in [4.78, 5) is 28.4. The molecule has 2 amide bonds. The van der Waals surface area contributed by atoms with Crippen LogP contribution in [0.25, 0.3) is 0 Å². The lowest BCUT2D eigenvalue weighted by molar-refractivity contribution is -0.134. The Hall–Kier alpha value is -1.84. The van der Waals surface area contributed by atoms with Gasteiger partial charge in [-0.15, -0.1) is 0 Å². The first kappa shape index (κ1) is 16.5. The lowest BCUT2D eigenvalue weighted by Crippen LogP contribution is -2.51. The highest BCUT2D eigenvalue weighted by Crippen LogP contribution is 2.20. The minimum absolute atomic E-state index is 0.00556. The van der Waals surface area contributed by atoms with Gasteiger partial charge in [0.2, 0.25) is 5.91 Å². The van der Waals surface area contributed by atoms with Crippen LogP contribution < -0.4 is 0 Å². The SMILES string of the molecule is Cc1cccc(C(=O)N2CCN(C(=O)CC(C)(C)C)CC2)c1. The van der Waals surface area contributed by atoms with Crippen molar-refractivity contribution in [3.63, 3.8) is 0 Å². The fraction of sp³-hybridized carbons (Fsp3) is 0.556. The Morgan fingerprint density at radius 2 is 1.64 bits per heavy atom. The highest BCUT2D eigenvalue weighted by Gasteiger charge is 2.27. The largest absolute Gasteiger partial charge is 0.339 e. The molecule has 120 valence electrons. The van der Waals surface area contributed by atoms with E-state index in [-0.39, 0.29) is 17.2 Å². The summed E-state index contributed by atoms with van der Waals surface area (Å²) in [7, 11) is 0. The summed E-state index contributed by atoms with van der Waals surface area (Å²) < 4.78 is 0. The highest BCUT2D eigenvalue weighted by molar-refractivity contribution is 5.94. The molecule has 0 atom stereocenters. The number of aryl methyl sites for hydroxylation is 1. The Morgan fingerprint density at radius 1 is 1.05 bits per heavy atom. The van der Waals surface area contributed by atoms with Gasteiger partial charge in [0.15, 0.2) is 0 Å². The Bertz CT molecular complexity index is 552. The number of nitrogens with zero attached hydrogens (tertiary/aromatic N) is 2. The molecule has 0 unspecified atom stereocenters. The topological polar surface area (TPSA) is 40.6 Å². The molecule has 4 heteroatoms. The Balaban J connectivity index is 1.92. The van der Waals surface area contributed by atoms with Crippen LogP contribution in [0.4, 0.5) is 0 Å². The van der Waals surface area contributed by atoms with Crippen molar-refractivity contribution >= 4 is 11.8 Å². The van der Waals surface area contributed by atoms with Gasteiger partial charge in [0, 0.05) is 38.2 Å². The second-order valence-electron chi connectivity index (χ2n) is 7.28. The van der Waals surface area contributed by atoms with Crippen molar-refractivity contribution < 1.29 is 9.59 Å². The average molecular weight is 302 g/mol. The van der Waals surface area contributed by atoms with Gasteiger partial charge in [-0.1, -0.05) is 38.5 Å². The van der Waals surface area contributed by atoms with Gasteiger partial charge >= 0.3 is 0 Å². The molecule has 2 rings (SSSR count). The molecule has 1 heterocycles. The molecule has 1 aromatic carbocycles. The predicted molar refractivity (Wildman–Crippen MR) is 87.7 cm³/mol. The van der Waals surface area contributed by atoms with Crippen molar-refractivity contribution in [2.45, 2.75) is 34.1 Å². The first-order chi connectivity index (χ1) is 10.3. The zero-order valence-corrected chi connectivity index (χ0v) is 14.1. The van der Waals surface area contributed by atoms with Crippen molar-refractivity contribution in [3.8, 4) is 0 Å². The summed E-state index contributed by atoms with van der Waals surface area (Å²) in [6.45, 7) is 10.7. The second-order valence-corrected chi connectivity index (χ2v) is 7.28. The first-order valence-corrected chi connectivity index (χ1v) is 7.90. The summed E-state index contributed by atoms with van der Waals surface area (Å²) in [5.74, 6) is 0.252. The molecular formula is C18H26N2O2. The molecule has 0 aromatic heterocycles. The Kier molecular flexibility index (Phi) is 4.89. The fourth-order valence-electron chi connectivity index (χ4n) is 2.69. The molecule has 1 saturated heterocycles. The van der Waals surface area contributed by atoms with Gasteiger partial charge in [0.05, 0.1) is 0 Å². The number of amides is 2. The van der Waals surface area contributed by atoms with Crippen LogP contribution in [0.3, 0.4) is 0 Å².